The van der Waals surface area contributed by atoms with Crippen molar-refractivity contribution in [2.24, 2.45) is 5.41 Å². The Labute approximate surface area is 151 Å². The number of nitrogens with zero attached hydrogens (tertiary/aromatic N) is 5. The first-order valence-electron chi connectivity index (χ1n) is 8.22. The van der Waals surface area contributed by atoms with Crippen LogP contribution in [0.25, 0.3) is 0 Å². The number of aromatic amines is 1. The normalized spacial score (nSPS) is 27.4. The third-order valence-electron chi connectivity index (χ3n) is 5.02. The molecular formula is C16H20Cl2N6. The lowest BCUT2D eigenvalue weighted by Gasteiger charge is -2.37. The van der Waals surface area contributed by atoms with E-state index in [2.05, 4.69) is 30.0 Å². The van der Waals surface area contributed by atoms with Gasteiger partial charge in [0.15, 0.2) is 0 Å². The van der Waals surface area contributed by atoms with Crippen molar-refractivity contribution >= 4 is 29.0 Å². The van der Waals surface area contributed by atoms with Crippen LogP contribution >= 0.6 is 23.2 Å². The molecule has 1 aliphatic heterocycles. The summed E-state index contributed by atoms with van der Waals surface area (Å²) in [6.07, 6.45) is 5.19. The maximum Gasteiger partial charge on any atom is 0.137 e. The molecule has 1 saturated carbocycles. The van der Waals surface area contributed by atoms with Gasteiger partial charge in [-0.1, -0.05) is 11.6 Å². The summed E-state index contributed by atoms with van der Waals surface area (Å²) in [5, 5.41) is 7.81. The third kappa shape index (κ3) is 3.36. The monoisotopic (exact) mass is 366 g/mol. The molecule has 1 aliphatic carbocycles. The van der Waals surface area contributed by atoms with E-state index in [9.17, 15) is 0 Å². The topological polar surface area (TPSA) is 60.9 Å². The highest BCUT2D eigenvalue weighted by molar-refractivity contribution is 6.30. The summed E-state index contributed by atoms with van der Waals surface area (Å²) in [6.45, 7) is 5.00. The number of hydrogen-bond donors (Lipinski definition) is 1. The van der Waals surface area contributed by atoms with Crippen molar-refractivity contribution in [3.63, 3.8) is 0 Å². The number of H-pyrrole nitrogens is 1. The second kappa shape index (κ2) is 6.50. The Morgan fingerprint density at radius 1 is 1.21 bits per heavy atom. The first kappa shape index (κ1) is 16.1. The van der Waals surface area contributed by atoms with Gasteiger partial charge in [-0.25, -0.2) is 9.97 Å². The Balaban J connectivity index is 1.33. The predicted octanol–water partition coefficient (Wildman–Crippen LogP) is 2.22. The lowest BCUT2D eigenvalue weighted by atomic mass is 10.0. The van der Waals surface area contributed by atoms with E-state index in [4.69, 9.17) is 23.2 Å². The summed E-state index contributed by atoms with van der Waals surface area (Å²) in [4.78, 5) is 13.5. The van der Waals surface area contributed by atoms with Crippen LogP contribution in [-0.4, -0.2) is 63.2 Å². The number of aromatic nitrogens is 4. The van der Waals surface area contributed by atoms with Crippen LogP contribution in [0.4, 0.5) is 5.82 Å². The Bertz CT molecular complexity index is 668. The Kier molecular flexibility index (Phi) is 4.37. The first-order chi connectivity index (χ1) is 11.6. The molecule has 2 unspecified atom stereocenters. The third-order valence-corrected chi connectivity index (χ3v) is 5.86. The average Bonchev–Trinajstić information content (AvgIpc) is 2.97. The maximum absolute atomic E-state index is 6.46. The molecular weight excluding hydrogens is 347 g/mol. The van der Waals surface area contributed by atoms with Crippen molar-refractivity contribution < 1.29 is 0 Å². The zero-order chi connectivity index (χ0) is 16.6. The second-order valence-corrected chi connectivity index (χ2v) is 7.70. The van der Waals surface area contributed by atoms with Crippen molar-refractivity contribution in [2.75, 3.05) is 37.6 Å². The standard InChI is InChI=1S/C16H20Cl2N6/c17-12-1-2-15(19-9-12)24-5-3-23(4-6-24)10-16(7-13(16)18)8-14-20-11-21-22-14/h1-2,9,11,13H,3-8,10H2,(H,20,21,22). The van der Waals surface area contributed by atoms with Gasteiger partial charge in [0.2, 0.25) is 0 Å². The van der Waals surface area contributed by atoms with Crippen molar-refractivity contribution in [1.29, 1.82) is 0 Å². The Morgan fingerprint density at radius 2 is 2.00 bits per heavy atom. The minimum Gasteiger partial charge on any atom is -0.354 e. The molecule has 3 heterocycles. The summed E-state index contributed by atoms with van der Waals surface area (Å²) < 4.78 is 0. The number of alkyl halides is 1. The van der Waals surface area contributed by atoms with Crippen LogP contribution in [-0.2, 0) is 6.42 Å². The van der Waals surface area contributed by atoms with Gasteiger partial charge in [0.25, 0.3) is 0 Å². The van der Waals surface area contributed by atoms with E-state index in [0.717, 1.165) is 57.2 Å². The molecule has 0 spiro atoms. The molecule has 0 bridgehead atoms. The molecule has 4 rings (SSSR count). The molecule has 128 valence electrons. The minimum atomic E-state index is 0.141. The Hall–Kier alpha value is -1.37. The lowest BCUT2D eigenvalue weighted by molar-refractivity contribution is 0.206. The lowest BCUT2D eigenvalue weighted by Crippen LogP contribution is -2.48. The molecule has 6 nitrogen and oxygen atoms in total. The zero-order valence-corrected chi connectivity index (χ0v) is 14.8. The minimum absolute atomic E-state index is 0.141. The number of anilines is 1. The SMILES string of the molecule is Clc1ccc(N2CCN(CC3(Cc4ncn[nH]4)CC3Cl)CC2)nc1. The van der Waals surface area contributed by atoms with Crippen LogP contribution in [0.5, 0.6) is 0 Å². The van der Waals surface area contributed by atoms with Gasteiger partial charge >= 0.3 is 0 Å². The molecule has 2 atom stereocenters. The van der Waals surface area contributed by atoms with E-state index in [1.54, 1.807) is 12.5 Å². The predicted molar refractivity (Wildman–Crippen MR) is 94.7 cm³/mol. The fourth-order valence-corrected chi connectivity index (χ4v) is 4.05. The summed E-state index contributed by atoms with van der Waals surface area (Å²) in [7, 11) is 0. The zero-order valence-electron chi connectivity index (χ0n) is 13.3. The highest BCUT2D eigenvalue weighted by Crippen LogP contribution is 2.52. The van der Waals surface area contributed by atoms with Crippen LogP contribution in [0.1, 0.15) is 12.2 Å². The van der Waals surface area contributed by atoms with Crippen LogP contribution in [0.2, 0.25) is 5.02 Å². The molecule has 1 saturated heterocycles. The molecule has 1 N–H and O–H groups in total. The smallest absolute Gasteiger partial charge is 0.137 e. The molecule has 0 aromatic carbocycles. The van der Waals surface area contributed by atoms with Gasteiger partial charge in [0.1, 0.15) is 18.0 Å². The van der Waals surface area contributed by atoms with Crippen molar-refractivity contribution in [1.82, 2.24) is 25.1 Å². The highest BCUT2D eigenvalue weighted by Gasteiger charge is 2.54. The van der Waals surface area contributed by atoms with Crippen LogP contribution in [0.3, 0.4) is 0 Å². The van der Waals surface area contributed by atoms with Crippen LogP contribution < -0.4 is 4.90 Å². The van der Waals surface area contributed by atoms with E-state index in [1.807, 2.05) is 12.1 Å². The van der Waals surface area contributed by atoms with Gasteiger partial charge in [-0.3, -0.25) is 10.00 Å². The highest BCUT2D eigenvalue weighted by atomic mass is 35.5. The molecule has 2 aromatic rings. The van der Waals surface area contributed by atoms with Crippen molar-refractivity contribution in [2.45, 2.75) is 18.2 Å². The quantitative estimate of drug-likeness (QED) is 0.822. The van der Waals surface area contributed by atoms with E-state index >= 15 is 0 Å². The van der Waals surface area contributed by atoms with Gasteiger partial charge in [-0.15, -0.1) is 11.6 Å². The fourth-order valence-electron chi connectivity index (χ4n) is 3.49. The number of hydrogen-bond acceptors (Lipinski definition) is 5. The molecule has 0 radical (unpaired) electrons. The summed E-state index contributed by atoms with van der Waals surface area (Å²) in [6, 6.07) is 3.88. The Morgan fingerprint density at radius 3 is 2.58 bits per heavy atom. The van der Waals surface area contributed by atoms with E-state index in [-0.39, 0.29) is 10.8 Å². The van der Waals surface area contributed by atoms with Crippen LogP contribution in [0.15, 0.2) is 24.7 Å². The van der Waals surface area contributed by atoms with Crippen molar-refractivity contribution in [3.8, 4) is 0 Å². The van der Waals surface area contributed by atoms with Gasteiger partial charge in [-0.05, 0) is 18.6 Å². The number of pyridine rings is 1. The number of halogens is 2. The largest absolute Gasteiger partial charge is 0.354 e. The maximum atomic E-state index is 6.46. The van der Waals surface area contributed by atoms with Gasteiger partial charge in [0, 0.05) is 56.1 Å². The molecule has 2 aliphatic rings. The van der Waals surface area contributed by atoms with E-state index in [0.29, 0.717) is 5.02 Å². The van der Waals surface area contributed by atoms with Gasteiger partial charge in [-0.2, -0.15) is 5.10 Å². The number of piperazine rings is 1. The molecule has 2 fully saturated rings. The molecule has 24 heavy (non-hydrogen) atoms. The van der Waals surface area contributed by atoms with E-state index in [1.165, 1.54) is 0 Å². The number of nitrogens with one attached hydrogen (secondary N) is 1. The molecule has 2 aromatic heterocycles. The fraction of sp³-hybridized carbons (Fsp3) is 0.562. The second-order valence-electron chi connectivity index (χ2n) is 6.74. The van der Waals surface area contributed by atoms with Crippen LogP contribution in [0, 0.1) is 5.41 Å². The molecule has 8 heteroatoms. The molecule has 0 amide bonds. The van der Waals surface area contributed by atoms with E-state index < -0.39 is 0 Å². The summed E-state index contributed by atoms with van der Waals surface area (Å²) in [5.41, 5.74) is 0.141. The first-order valence-corrected chi connectivity index (χ1v) is 9.03. The van der Waals surface area contributed by atoms with Gasteiger partial charge < -0.3 is 4.90 Å². The summed E-state index contributed by atoms with van der Waals surface area (Å²) in [5.74, 6) is 1.93. The summed E-state index contributed by atoms with van der Waals surface area (Å²) >= 11 is 12.4. The van der Waals surface area contributed by atoms with Gasteiger partial charge in [0.05, 0.1) is 5.02 Å². The average molecular weight is 367 g/mol. The van der Waals surface area contributed by atoms with Crippen molar-refractivity contribution in [3.05, 3.63) is 35.5 Å². The number of rotatable bonds is 5.